The van der Waals surface area contributed by atoms with Gasteiger partial charge in [-0.15, -0.1) is 0 Å². The number of hydrogen-bond donors (Lipinski definition) is 1. The molecule has 0 aromatic heterocycles. The van der Waals surface area contributed by atoms with Gasteiger partial charge in [-0.3, -0.25) is 4.79 Å². The molecule has 0 heterocycles. The molecule has 94 valence electrons. The van der Waals surface area contributed by atoms with Crippen LogP contribution in [0.15, 0.2) is 42.5 Å². The molecule has 1 N–H and O–H groups in total. The van der Waals surface area contributed by atoms with Crippen molar-refractivity contribution in [3.05, 3.63) is 65.0 Å². The van der Waals surface area contributed by atoms with E-state index in [0.29, 0.717) is 5.69 Å². The Bertz CT molecular complexity index is 657. The van der Waals surface area contributed by atoms with Crippen molar-refractivity contribution in [3.63, 3.8) is 0 Å². The Kier molecular flexibility index (Phi) is 3.58. The van der Waals surface area contributed by atoms with Crippen LogP contribution in [0.2, 0.25) is 0 Å². The van der Waals surface area contributed by atoms with Crippen molar-refractivity contribution < 1.29 is 9.18 Å². The summed E-state index contributed by atoms with van der Waals surface area (Å²) in [5.41, 5.74) is 1.77. The van der Waals surface area contributed by atoms with E-state index in [-0.39, 0.29) is 11.1 Å². The van der Waals surface area contributed by atoms with E-state index in [1.807, 2.05) is 25.1 Å². The number of amides is 1. The third kappa shape index (κ3) is 2.96. The molecule has 19 heavy (non-hydrogen) atoms. The minimum absolute atomic E-state index is 0.0837. The molecule has 1 amide bonds. The average Bonchev–Trinajstić information content (AvgIpc) is 2.41. The SMILES string of the molecule is Cc1ccc(NC(=O)c2ccc(C#N)cc2F)cc1. The van der Waals surface area contributed by atoms with Crippen molar-refractivity contribution in [1.82, 2.24) is 0 Å². The standard InChI is InChI=1S/C15H11FN2O/c1-10-2-5-12(6-3-10)18-15(19)13-7-4-11(9-17)8-14(13)16/h2-8H,1H3,(H,18,19). The Labute approximate surface area is 110 Å². The fourth-order valence-electron chi connectivity index (χ4n) is 1.60. The third-order valence-corrected chi connectivity index (χ3v) is 2.65. The Morgan fingerprint density at radius 3 is 2.47 bits per heavy atom. The van der Waals surface area contributed by atoms with Crippen LogP contribution in [-0.4, -0.2) is 5.91 Å². The van der Waals surface area contributed by atoms with E-state index < -0.39 is 11.7 Å². The lowest BCUT2D eigenvalue weighted by Crippen LogP contribution is -2.13. The molecule has 0 unspecified atom stereocenters. The highest BCUT2D eigenvalue weighted by Crippen LogP contribution is 2.14. The largest absolute Gasteiger partial charge is 0.322 e. The molecule has 0 bridgehead atoms. The summed E-state index contributed by atoms with van der Waals surface area (Å²) in [6.45, 7) is 1.94. The summed E-state index contributed by atoms with van der Waals surface area (Å²) in [5, 5.41) is 11.2. The maximum Gasteiger partial charge on any atom is 0.258 e. The number of halogens is 1. The van der Waals surface area contributed by atoms with Gasteiger partial charge in [-0.1, -0.05) is 17.7 Å². The Morgan fingerprint density at radius 2 is 1.89 bits per heavy atom. The van der Waals surface area contributed by atoms with Gasteiger partial charge in [0, 0.05) is 5.69 Å². The maximum atomic E-state index is 13.6. The molecule has 0 spiro atoms. The van der Waals surface area contributed by atoms with Crippen LogP contribution in [0.4, 0.5) is 10.1 Å². The number of carbonyl (C=O) groups is 1. The van der Waals surface area contributed by atoms with Crippen molar-refractivity contribution in [2.45, 2.75) is 6.92 Å². The summed E-state index contributed by atoms with van der Waals surface area (Å²) >= 11 is 0. The van der Waals surface area contributed by atoms with Gasteiger partial charge >= 0.3 is 0 Å². The van der Waals surface area contributed by atoms with Gasteiger partial charge < -0.3 is 5.32 Å². The zero-order valence-electron chi connectivity index (χ0n) is 10.3. The van der Waals surface area contributed by atoms with Crippen LogP contribution in [0, 0.1) is 24.1 Å². The first kappa shape index (κ1) is 12.8. The van der Waals surface area contributed by atoms with Crippen LogP contribution >= 0.6 is 0 Å². The van der Waals surface area contributed by atoms with E-state index in [4.69, 9.17) is 5.26 Å². The van der Waals surface area contributed by atoms with E-state index in [1.54, 1.807) is 12.1 Å². The number of nitrogens with one attached hydrogen (secondary N) is 1. The van der Waals surface area contributed by atoms with Gasteiger partial charge in [0.2, 0.25) is 0 Å². The summed E-state index contributed by atoms with van der Waals surface area (Å²) in [5.74, 6) is -1.24. The van der Waals surface area contributed by atoms with Crippen LogP contribution in [-0.2, 0) is 0 Å². The van der Waals surface area contributed by atoms with Gasteiger partial charge in [0.25, 0.3) is 5.91 Å². The van der Waals surface area contributed by atoms with E-state index in [1.165, 1.54) is 12.1 Å². The molecule has 0 saturated heterocycles. The molecule has 0 radical (unpaired) electrons. The van der Waals surface area contributed by atoms with Crippen molar-refractivity contribution in [2.75, 3.05) is 5.32 Å². The quantitative estimate of drug-likeness (QED) is 0.894. The molecular weight excluding hydrogens is 243 g/mol. The van der Waals surface area contributed by atoms with Gasteiger partial charge in [0.05, 0.1) is 17.2 Å². The molecule has 2 rings (SSSR count). The Hall–Kier alpha value is -2.67. The summed E-state index contributed by atoms with van der Waals surface area (Å²) in [6, 6.07) is 12.8. The first-order valence-electron chi connectivity index (χ1n) is 5.68. The molecule has 0 aliphatic carbocycles. The second-order valence-corrected chi connectivity index (χ2v) is 4.13. The van der Waals surface area contributed by atoms with E-state index >= 15 is 0 Å². The predicted molar refractivity (Wildman–Crippen MR) is 70.2 cm³/mol. The van der Waals surface area contributed by atoms with Crippen molar-refractivity contribution >= 4 is 11.6 Å². The van der Waals surface area contributed by atoms with Crippen LogP contribution in [0.25, 0.3) is 0 Å². The summed E-state index contributed by atoms with van der Waals surface area (Å²) < 4.78 is 13.6. The zero-order chi connectivity index (χ0) is 13.8. The Balaban J connectivity index is 2.21. The van der Waals surface area contributed by atoms with Crippen LogP contribution < -0.4 is 5.32 Å². The highest BCUT2D eigenvalue weighted by Gasteiger charge is 2.12. The number of benzene rings is 2. The molecule has 0 atom stereocenters. The van der Waals surface area contributed by atoms with Crippen LogP contribution in [0.1, 0.15) is 21.5 Å². The van der Waals surface area contributed by atoms with Gasteiger partial charge in [-0.2, -0.15) is 5.26 Å². The van der Waals surface area contributed by atoms with Crippen LogP contribution in [0.5, 0.6) is 0 Å². The molecule has 0 fully saturated rings. The van der Waals surface area contributed by atoms with E-state index in [9.17, 15) is 9.18 Å². The predicted octanol–water partition coefficient (Wildman–Crippen LogP) is 3.26. The normalized spacial score (nSPS) is 9.74. The number of rotatable bonds is 2. The summed E-state index contributed by atoms with van der Waals surface area (Å²) in [7, 11) is 0. The zero-order valence-corrected chi connectivity index (χ0v) is 10.3. The maximum absolute atomic E-state index is 13.6. The minimum atomic E-state index is -0.705. The highest BCUT2D eigenvalue weighted by atomic mass is 19.1. The van der Waals surface area contributed by atoms with Gasteiger partial charge in [-0.25, -0.2) is 4.39 Å². The van der Waals surface area contributed by atoms with E-state index in [2.05, 4.69) is 5.32 Å². The molecular formula is C15H11FN2O. The first-order chi connectivity index (χ1) is 9.10. The fraction of sp³-hybridized carbons (Fsp3) is 0.0667. The number of aryl methyl sites for hydroxylation is 1. The van der Waals surface area contributed by atoms with Gasteiger partial charge in [0.15, 0.2) is 0 Å². The second kappa shape index (κ2) is 5.32. The molecule has 2 aromatic carbocycles. The smallest absolute Gasteiger partial charge is 0.258 e. The highest BCUT2D eigenvalue weighted by molar-refractivity contribution is 6.04. The number of nitriles is 1. The topological polar surface area (TPSA) is 52.9 Å². The third-order valence-electron chi connectivity index (χ3n) is 2.65. The van der Waals surface area contributed by atoms with Crippen molar-refractivity contribution in [1.29, 1.82) is 5.26 Å². The Morgan fingerprint density at radius 1 is 1.21 bits per heavy atom. The molecule has 0 aliphatic heterocycles. The molecule has 2 aromatic rings. The monoisotopic (exact) mass is 254 g/mol. The van der Waals surface area contributed by atoms with E-state index in [0.717, 1.165) is 11.6 Å². The number of hydrogen-bond acceptors (Lipinski definition) is 2. The fourth-order valence-corrected chi connectivity index (χ4v) is 1.60. The first-order valence-corrected chi connectivity index (χ1v) is 5.68. The summed E-state index contributed by atoms with van der Waals surface area (Å²) in [6.07, 6.45) is 0. The lowest BCUT2D eigenvalue weighted by atomic mass is 10.1. The molecule has 0 aliphatic rings. The van der Waals surface area contributed by atoms with Crippen molar-refractivity contribution in [3.8, 4) is 6.07 Å². The van der Waals surface area contributed by atoms with Crippen molar-refractivity contribution in [2.24, 2.45) is 0 Å². The van der Waals surface area contributed by atoms with Gasteiger partial charge in [-0.05, 0) is 37.3 Å². The lowest BCUT2D eigenvalue weighted by Gasteiger charge is -2.06. The summed E-state index contributed by atoms with van der Waals surface area (Å²) in [4.78, 5) is 11.9. The van der Waals surface area contributed by atoms with Gasteiger partial charge in [0.1, 0.15) is 5.82 Å². The number of anilines is 1. The molecule has 0 saturated carbocycles. The molecule has 4 heteroatoms. The second-order valence-electron chi connectivity index (χ2n) is 4.13. The minimum Gasteiger partial charge on any atom is -0.322 e. The number of carbonyl (C=O) groups excluding carboxylic acids is 1. The van der Waals surface area contributed by atoms with Crippen LogP contribution in [0.3, 0.4) is 0 Å². The average molecular weight is 254 g/mol. The number of nitrogens with zero attached hydrogens (tertiary/aromatic N) is 1. The lowest BCUT2D eigenvalue weighted by molar-refractivity contribution is 0.102. The molecule has 3 nitrogen and oxygen atoms in total.